The predicted octanol–water partition coefficient (Wildman–Crippen LogP) is 3.21. The molecule has 2 atom stereocenters. The minimum atomic E-state index is -0.923. The van der Waals surface area contributed by atoms with Crippen LogP contribution in [0.15, 0.2) is 24.5 Å². The molecule has 0 aromatic carbocycles. The first-order valence-electron chi connectivity index (χ1n) is 10.8. The SMILES string of the molecule is COc1cc2ncc(-c3ccnc(NC4CNCCC4F)n3)n2nc1C1CC(C)(C)C1. The lowest BCUT2D eigenvalue weighted by Crippen LogP contribution is -2.46. The summed E-state index contributed by atoms with van der Waals surface area (Å²) in [5.74, 6) is 1.54. The Hall–Kier alpha value is -2.81. The lowest BCUT2D eigenvalue weighted by molar-refractivity contribution is 0.145. The molecule has 5 rings (SSSR count). The van der Waals surface area contributed by atoms with Crippen LogP contribution in [-0.2, 0) is 0 Å². The van der Waals surface area contributed by atoms with Crippen molar-refractivity contribution < 1.29 is 9.13 Å². The van der Waals surface area contributed by atoms with E-state index in [1.807, 2.05) is 16.6 Å². The molecule has 9 heteroatoms. The van der Waals surface area contributed by atoms with E-state index in [1.54, 1.807) is 19.5 Å². The summed E-state index contributed by atoms with van der Waals surface area (Å²) in [7, 11) is 1.67. The van der Waals surface area contributed by atoms with Gasteiger partial charge in [0.15, 0.2) is 5.65 Å². The number of hydrogen-bond acceptors (Lipinski definition) is 7. The van der Waals surface area contributed by atoms with Crippen LogP contribution in [0.4, 0.5) is 10.3 Å². The molecule has 3 aromatic heterocycles. The molecule has 2 fully saturated rings. The van der Waals surface area contributed by atoms with Crippen molar-refractivity contribution in [3.8, 4) is 17.1 Å². The summed E-state index contributed by atoms with van der Waals surface area (Å²) in [6.07, 6.45) is 5.14. The Morgan fingerprint density at radius 3 is 2.87 bits per heavy atom. The van der Waals surface area contributed by atoms with Crippen LogP contribution in [0.1, 0.15) is 44.7 Å². The Morgan fingerprint density at radius 2 is 2.13 bits per heavy atom. The van der Waals surface area contributed by atoms with Gasteiger partial charge < -0.3 is 15.4 Å². The van der Waals surface area contributed by atoms with Gasteiger partial charge in [0.25, 0.3) is 0 Å². The van der Waals surface area contributed by atoms with Gasteiger partial charge in [0, 0.05) is 24.7 Å². The highest BCUT2D eigenvalue weighted by molar-refractivity contribution is 5.61. The zero-order valence-corrected chi connectivity index (χ0v) is 18.1. The smallest absolute Gasteiger partial charge is 0.223 e. The molecule has 1 saturated carbocycles. The number of halogens is 1. The third-order valence-corrected chi connectivity index (χ3v) is 6.32. The number of hydrogen-bond donors (Lipinski definition) is 2. The molecule has 0 radical (unpaired) electrons. The second-order valence-corrected chi connectivity index (χ2v) is 9.31. The molecule has 164 valence electrons. The molecule has 1 aliphatic heterocycles. The fourth-order valence-electron chi connectivity index (χ4n) is 4.71. The Balaban J connectivity index is 1.47. The molecule has 3 aromatic rings. The lowest BCUT2D eigenvalue weighted by Gasteiger charge is -2.42. The van der Waals surface area contributed by atoms with Crippen molar-refractivity contribution >= 4 is 11.6 Å². The van der Waals surface area contributed by atoms with Gasteiger partial charge in [-0.25, -0.2) is 23.9 Å². The van der Waals surface area contributed by atoms with E-state index in [0.29, 0.717) is 48.1 Å². The minimum absolute atomic E-state index is 0.333. The number of fused-ring (bicyclic) bond motifs is 1. The number of alkyl halides is 1. The zero-order valence-electron chi connectivity index (χ0n) is 18.1. The first-order valence-corrected chi connectivity index (χ1v) is 10.8. The molecule has 0 bridgehead atoms. The van der Waals surface area contributed by atoms with Gasteiger partial charge in [-0.2, -0.15) is 5.10 Å². The Bertz CT molecular complexity index is 1090. The average Bonchev–Trinajstić information content (AvgIpc) is 3.16. The number of anilines is 1. The monoisotopic (exact) mass is 425 g/mol. The maximum atomic E-state index is 14.2. The van der Waals surface area contributed by atoms with Crippen molar-refractivity contribution in [1.82, 2.24) is 29.9 Å². The van der Waals surface area contributed by atoms with Gasteiger partial charge >= 0.3 is 0 Å². The van der Waals surface area contributed by atoms with Gasteiger partial charge in [-0.3, -0.25) is 0 Å². The van der Waals surface area contributed by atoms with Crippen LogP contribution in [0, 0.1) is 5.41 Å². The number of nitrogens with one attached hydrogen (secondary N) is 2. The van der Waals surface area contributed by atoms with E-state index in [0.717, 1.165) is 30.0 Å². The second kappa shape index (κ2) is 7.71. The van der Waals surface area contributed by atoms with Crippen molar-refractivity contribution in [3.05, 3.63) is 30.2 Å². The molecule has 1 saturated heterocycles. The van der Waals surface area contributed by atoms with E-state index in [4.69, 9.17) is 9.84 Å². The maximum Gasteiger partial charge on any atom is 0.223 e. The predicted molar refractivity (Wildman–Crippen MR) is 116 cm³/mol. The topological polar surface area (TPSA) is 89.3 Å². The van der Waals surface area contributed by atoms with Crippen LogP contribution in [0.25, 0.3) is 17.0 Å². The van der Waals surface area contributed by atoms with Crippen LogP contribution < -0.4 is 15.4 Å². The molecule has 1 aliphatic carbocycles. The summed E-state index contributed by atoms with van der Waals surface area (Å²) >= 11 is 0. The summed E-state index contributed by atoms with van der Waals surface area (Å²) in [5.41, 5.74) is 3.43. The summed E-state index contributed by atoms with van der Waals surface area (Å²) in [4.78, 5) is 13.4. The molecule has 2 aliphatic rings. The van der Waals surface area contributed by atoms with E-state index >= 15 is 0 Å². The fraction of sp³-hybridized carbons (Fsp3) is 0.545. The van der Waals surface area contributed by atoms with Crippen LogP contribution in [0.5, 0.6) is 5.75 Å². The third kappa shape index (κ3) is 3.82. The number of methoxy groups -OCH3 is 1. The highest BCUT2D eigenvalue weighted by Gasteiger charge is 2.39. The molecule has 0 amide bonds. The van der Waals surface area contributed by atoms with Crippen molar-refractivity contribution in [2.75, 3.05) is 25.5 Å². The van der Waals surface area contributed by atoms with Crippen LogP contribution in [-0.4, -0.2) is 57.0 Å². The summed E-state index contributed by atoms with van der Waals surface area (Å²) < 4.78 is 21.6. The number of rotatable bonds is 5. The number of nitrogens with zero attached hydrogens (tertiary/aromatic N) is 5. The van der Waals surface area contributed by atoms with E-state index < -0.39 is 6.17 Å². The van der Waals surface area contributed by atoms with Crippen LogP contribution in [0.3, 0.4) is 0 Å². The van der Waals surface area contributed by atoms with E-state index in [9.17, 15) is 4.39 Å². The van der Waals surface area contributed by atoms with Gasteiger partial charge in [-0.15, -0.1) is 0 Å². The van der Waals surface area contributed by atoms with E-state index in [2.05, 4.69) is 39.4 Å². The van der Waals surface area contributed by atoms with Crippen molar-refractivity contribution in [2.45, 2.75) is 51.2 Å². The van der Waals surface area contributed by atoms with E-state index in [1.165, 1.54) is 0 Å². The zero-order chi connectivity index (χ0) is 21.6. The molecule has 2 unspecified atom stereocenters. The lowest BCUT2D eigenvalue weighted by atomic mass is 9.63. The summed E-state index contributed by atoms with van der Waals surface area (Å²) in [6, 6.07) is 3.40. The molecule has 0 spiro atoms. The van der Waals surface area contributed by atoms with Crippen molar-refractivity contribution in [3.63, 3.8) is 0 Å². The second-order valence-electron chi connectivity index (χ2n) is 9.31. The Kier molecular flexibility index (Phi) is 5.00. The molecular weight excluding hydrogens is 397 g/mol. The number of ether oxygens (including phenoxy) is 1. The highest BCUT2D eigenvalue weighted by Crippen LogP contribution is 2.51. The maximum absolute atomic E-state index is 14.2. The molecule has 4 heterocycles. The summed E-state index contributed by atoms with van der Waals surface area (Å²) in [5, 5.41) is 11.2. The number of aromatic nitrogens is 5. The number of imidazole rings is 1. The van der Waals surface area contributed by atoms with Crippen molar-refractivity contribution in [1.29, 1.82) is 0 Å². The number of piperidine rings is 1. The largest absolute Gasteiger partial charge is 0.495 e. The average molecular weight is 426 g/mol. The summed E-state index contributed by atoms with van der Waals surface area (Å²) in [6.45, 7) is 5.79. The third-order valence-electron chi connectivity index (χ3n) is 6.32. The Labute approximate surface area is 180 Å². The van der Waals surface area contributed by atoms with Gasteiger partial charge in [0.05, 0.1) is 25.0 Å². The molecular formula is C22H28FN7O. The first kappa shape index (κ1) is 20.1. The van der Waals surface area contributed by atoms with Crippen LogP contribution in [0.2, 0.25) is 0 Å². The molecule has 8 nitrogen and oxygen atoms in total. The van der Waals surface area contributed by atoms with Gasteiger partial charge in [0.2, 0.25) is 5.95 Å². The first-order chi connectivity index (χ1) is 14.9. The standard InChI is InChI=1S/C22H28FN7O/c1-22(2)9-13(10-22)20-18(31-3)8-19-26-12-17(30(19)29-20)15-5-7-25-21(27-15)28-16-11-24-6-4-14(16)23/h5,7-8,12-14,16,24H,4,6,9-11H2,1-3H3,(H,25,27,28). The quantitative estimate of drug-likeness (QED) is 0.649. The normalized spacial score (nSPS) is 23.5. The molecule has 2 N–H and O–H groups in total. The van der Waals surface area contributed by atoms with Crippen LogP contribution >= 0.6 is 0 Å². The highest BCUT2D eigenvalue weighted by atomic mass is 19.1. The minimum Gasteiger partial charge on any atom is -0.495 e. The van der Waals surface area contributed by atoms with Gasteiger partial charge in [0.1, 0.15) is 23.3 Å². The van der Waals surface area contributed by atoms with Gasteiger partial charge in [-0.05, 0) is 37.3 Å². The Morgan fingerprint density at radius 1 is 1.29 bits per heavy atom. The van der Waals surface area contributed by atoms with Gasteiger partial charge in [-0.1, -0.05) is 13.8 Å². The van der Waals surface area contributed by atoms with Crippen molar-refractivity contribution in [2.24, 2.45) is 5.41 Å². The fourth-order valence-corrected chi connectivity index (χ4v) is 4.71. The molecule has 31 heavy (non-hydrogen) atoms. The van der Waals surface area contributed by atoms with E-state index in [-0.39, 0.29) is 6.04 Å².